The molecule has 3 aromatic rings. The molecular formula is C16H20N6OS. The first-order valence-electron chi connectivity index (χ1n) is 8.20. The van der Waals surface area contributed by atoms with Crippen molar-refractivity contribution in [3.8, 4) is 0 Å². The first-order chi connectivity index (χ1) is 11.8. The SMILES string of the molecule is COCCn1nnnc1N1CCC(c2nc3ccccc3s2)CC1. The molecule has 0 spiro atoms. The van der Waals surface area contributed by atoms with Gasteiger partial charge >= 0.3 is 0 Å². The van der Waals surface area contributed by atoms with Crippen molar-refractivity contribution >= 4 is 27.5 Å². The molecule has 0 bridgehead atoms. The summed E-state index contributed by atoms with van der Waals surface area (Å²) in [7, 11) is 1.69. The van der Waals surface area contributed by atoms with Gasteiger partial charge in [0.15, 0.2) is 0 Å². The van der Waals surface area contributed by atoms with Crippen molar-refractivity contribution in [2.45, 2.75) is 25.3 Å². The summed E-state index contributed by atoms with van der Waals surface area (Å²) in [5, 5.41) is 13.3. The van der Waals surface area contributed by atoms with E-state index in [1.807, 2.05) is 22.1 Å². The van der Waals surface area contributed by atoms with Gasteiger partial charge in [0, 0.05) is 26.1 Å². The highest BCUT2D eigenvalue weighted by Crippen LogP contribution is 2.34. The number of fused-ring (bicyclic) bond motifs is 1. The quantitative estimate of drug-likeness (QED) is 0.707. The highest BCUT2D eigenvalue weighted by molar-refractivity contribution is 7.18. The largest absolute Gasteiger partial charge is 0.383 e. The van der Waals surface area contributed by atoms with Crippen LogP contribution in [0.1, 0.15) is 23.8 Å². The van der Waals surface area contributed by atoms with Crippen molar-refractivity contribution in [3.63, 3.8) is 0 Å². The maximum Gasteiger partial charge on any atom is 0.245 e. The fourth-order valence-corrected chi connectivity index (χ4v) is 4.28. The van der Waals surface area contributed by atoms with Gasteiger partial charge in [-0.25, -0.2) is 9.67 Å². The summed E-state index contributed by atoms with van der Waals surface area (Å²) < 4.78 is 8.22. The second kappa shape index (κ2) is 6.82. The molecule has 0 atom stereocenters. The van der Waals surface area contributed by atoms with Crippen LogP contribution in [0.15, 0.2) is 24.3 Å². The molecule has 0 unspecified atom stereocenters. The van der Waals surface area contributed by atoms with E-state index in [2.05, 4.69) is 38.6 Å². The monoisotopic (exact) mass is 344 g/mol. The molecule has 8 heteroatoms. The van der Waals surface area contributed by atoms with Crippen molar-refractivity contribution in [2.75, 3.05) is 31.7 Å². The molecule has 1 fully saturated rings. The Balaban J connectivity index is 1.44. The van der Waals surface area contributed by atoms with E-state index in [1.54, 1.807) is 7.11 Å². The molecule has 2 aromatic heterocycles. The molecule has 1 aliphatic rings. The number of benzene rings is 1. The fraction of sp³-hybridized carbons (Fsp3) is 0.500. The zero-order chi connectivity index (χ0) is 16.4. The van der Waals surface area contributed by atoms with Crippen LogP contribution in [0.4, 0.5) is 5.95 Å². The molecule has 0 radical (unpaired) electrons. The number of nitrogens with zero attached hydrogens (tertiary/aromatic N) is 6. The van der Waals surface area contributed by atoms with Crippen molar-refractivity contribution in [1.29, 1.82) is 0 Å². The Kier molecular flexibility index (Phi) is 4.40. The summed E-state index contributed by atoms with van der Waals surface area (Å²) in [5.41, 5.74) is 1.11. The zero-order valence-corrected chi connectivity index (χ0v) is 14.4. The summed E-state index contributed by atoms with van der Waals surface area (Å²) in [6.45, 7) is 3.19. The van der Waals surface area contributed by atoms with Crippen LogP contribution in [0.2, 0.25) is 0 Å². The third kappa shape index (κ3) is 2.99. The van der Waals surface area contributed by atoms with Gasteiger partial charge in [0.05, 0.1) is 28.4 Å². The van der Waals surface area contributed by atoms with Crippen molar-refractivity contribution < 1.29 is 4.74 Å². The van der Waals surface area contributed by atoms with Gasteiger partial charge in [-0.2, -0.15) is 0 Å². The number of hydrogen-bond acceptors (Lipinski definition) is 7. The smallest absolute Gasteiger partial charge is 0.245 e. The van der Waals surface area contributed by atoms with Crippen LogP contribution in [0.25, 0.3) is 10.2 Å². The molecule has 0 amide bonds. The van der Waals surface area contributed by atoms with Crippen LogP contribution >= 0.6 is 11.3 Å². The highest BCUT2D eigenvalue weighted by atomic mass is 32.1. The summed E-state index contributed by atoms with van der Waals surface area (Å²) in [5.74, 6) is 1.37. The van der Waals surface area contributed by atoms with E-state index < -0.39 is 0 Å². The number of para-hydroxylation sites is 1. The lowest BCUT2D eigenvalue weighted by atomic mass is 9.98. The number of piperidine rings is 1. The third-order valence-electron chi connectivity index (χ3n) is 4.46. The molecule has 0 N–H and O–H groups in total. The van der Waals surface area contributed by atoms with E-state index in [0.29, 0.717) is 19.1 Å². The Hall–Kier alpha value is -2.06. The number of hydrogen-bond donors (Lipinski definition) is 0. The second-order valence-corrected chi connectivity index (χ2v) is 7.04. The molecule has 1 saturated heterocycles. The number of tetrazole rings is 1. The van der Waals surface area contributed by atoms with Gasteiger partial charge < -0.3 is 9.64 Å². The van der Waals surface area contributed by atoms with Crippen LogP contribution in [0.3, 0.4) is 0 Å². The van der Waals surface area contributed by atoms with E-state index in [1.165, 1.54) is 9.71 Å². The molecule has 3 heterocycles. The van der Waals surface area contributed by atoms with Gasteiger partial charge in [-0.3, -0.25) is 0 Å². The topological polar surface area (TPSA) is 69.0 Å². The minimum absolute atomic E-state index is 0.530. The Bertz CT molecular complexity index is 775. The van der Waals surface area contributed by atoms with E-state index >= 15 is 0 Å². The van der Waals surface area contributed by atoms with E-state index in [4.69, 9.17) is 9.72 Å². The van der Waals surface area contributed by atoms with Gasteiger partial charge in [-0.1, -0.05) is 17.2 Å². The van der Waals surface area contributed by atoms with Crippen LogP contribution < -0.4 is 4.90 Å². The maximum atomic E-state index is 5.12. The van der Waals surface area contributed by atoms with Crippen LogP contribution in [0.5, 0.6) is 0 Å². The zero-order valence-electron chi connectivity index (χ0n) is 13.6. The molecule has 1 aromatic carbocycles. The lowest BCUT2D eigenvalue weighted by molar-refractivity contribution is 0.183. The standard InChI is InChI=1S/C16H20N6OS/c1-23-11-10-22-16(18-19-20-22)21-8-6-12(7-9-21)15-17-13-4-2-3-5-14(13)24-15/h2-5,12H,6-11H2,1H3. The second-order valence-electron chi connectivity index (χ2n) is 5.98. The van der Waals surface area contributed by atoms with E-state index in [9.17, 15) is 0 Å². The molecular weight excluding hydrogens is 324 g/mol. The minimum atomic E-state index is 0.530. The number of aromatic nitrogens is 5. The van der Waals surface area contributed by atoms with Gasteiger partial charge in [-0.15, -0.1) is 11.3 Å². The van der Waals surface area contributed by atoms with Crippen molar-refractivity contribution in [1.82, 2.24) is 25.2 Å². The molecule has 0 aliphatic carbocycles. The van der Waals surface area contributed by atoms with E-state index in [-0.39, 0.29) is 0 Å². The van der Waals surface area contributed by atoms with Gasteiger partial charge in [0.1, 0.15) is 0 Å². The first-order valence-corrected chi connectivity index (χ1v) is 9.02. The predicted molar refractivity (Wildman–Crippen MR) is 93.5 cm³/mol. The number of rotatable bonds is 5. The molecule has 24 heavy (non-hydrogen) atoms. The number of methoxy groups -OCH3 is 1. The Labute approximate surface area is 144 Å². The molecule has 4 rings (SSSR count). The first kappa shape index (κ1) is 15.5. The summed E-state index contributed by atoms with van der Waals surface area (Å²) in [6, 6.07) is 8.37. The fourth-order valence-electron chi connectivity index (χ4n) is 3.14. The number of anilines is 1. The number of ether oxygens (including phenoxy) is 1. The van der Waals surface area contributed by atoms with Gasteiger partial charge in [0.2, 0.25) is 5.95 Å². The molecule has 1 aliphatic heterocycles. The Morgan fingerprint density at radius 3 is 2.88 bits per heavy atom. The Morgan fingerprint density at radius 1 is 1.25 bits per heavy atom. The molecule has 7 nitrogen and oxygen atoms in total. The van der Waals surface area contributed by atoms with Crippen molar-refractivity contribution in [3.05, 3.63) is 29.3 Å². The minimum Gasteiger partial charge on any atom is -0.383 e. The lowest BCUT2D eigenvalue weighted by Crippen LogP contribution is -2.35. The molecule has 0 saturated carbocycles. The normalized spacial score (nSPS) is 16.1. The summed E-state index contributed by atoms with van der Waals surface area (Å²) >= 11 is 1.83. The van der Waals surface area contributed by atoms with Gasteiger partial charge in [-0.05, 0) is 35.4 Å². The maximum absolute atomic E-state index is 5.12. The van der Waals surface area contributed by atoms with Crippen LogP contribution in [-0.4, -0.2) is 52.0 Å². The molecule has 126 valence electrons. The predicted octanol–water partition coefficient (Wildman–Crippen LogP) is 2.31. The third-order valence-corrected chi connectivity index (χ3v) is 5.66. The van der Waals surface area contributed by atoms with Gasteiger partial charge in [0.25, 0.3) is 0 Å². The average Bonchev–Trinajstić information content (AvgIpc) is 3.26. The Morgan fingerprint density at radius 2 is 2.08 bits per heavy atom. The van der Waals surface area contributed by atoms with Crippen molar-refractivity contribution in [2.24, 2.45) is 0 Å². The average molecular weight is 344 g/mol. The van der Waals surface area contributed by atoms with Crippen LogP contribution in [0, 0.1) is 0 Å². The summed E-state index contributed by atoms with van der Waals surface area (Å²) in [6.07, 6.45) is 2.16. The van der Waals surface area contributed by atoms with E-state index in [0.717, 1.165) is 37.4 Å². The lowest BCUT2D eigenvalue weighted by Gasteiger charge is -2.31. The highest BCUT2D eigenvalue weighted by Gasteiger charge is 2.26. The number of thiazole rings is 1. The summed E-state index contributed by atoms with van der Waals surface area (Å²) in [4.78, 5) is 7.08. The van der Waals surface area contributed by atoms with Crippen LogP contribution in [-0.2, 0) is 11.3 Å².